The molecule has 0 aliphatic carbocycles. The molecule has 3 aromatic carbocycles. The standard InChI is InChI=1S/C28H23N3O6/c32-24-14-17(16-31(24)19-6-2-1-3-7-19)27(33)30-25-20-8-4-5-9-21(20)37-26(25)28(34)29-18-10-11-22-23(15-18)36-13-12-35-22/h1-11,15,17H,12-14,16H2,(H,29,34)(H,30,33)/t17-/m0/s1. The van der Waals surface area contributed by atoms with Crippen LogP contribution in [0.1, 0.15) is 17.0 Å². The summed E-state index contributed by atoms with van der Waals surface area (Å²) in [5.41, 5.74) is 1.96. The molecule has 1 atom stereocenters. The summed E-state index contributed by atoms with van der Waals surface area (Å²) in [5.74, 6) is -0.473. The number of ether oxygens (including phenoxy) is 2. The summed E-state index contributed by atoms with van der Waals surface area (Å²) in [6.45, 7) is 1.15. The Kier molecular flexibility index (Phi) is 5.72. The molecule has 0 saturated carbocycles. The highest BCUT2D eigenvalue weighted by Crippen LogP contribution is 2.35. The predicted molar refractivity (Wildman–Crippen MR) is 137 cm³/mol. The van der Waals surface area contributed by atoms with Gasteiger partial charge in [0.2, 0.25) is 17.6 Å². The Balaban J connectivity index is 1.25. The van der Waals surface area contributed by atoms with Crippen LogP contribution in [0.4, 0.5) is 17.1 Å². The summed E-state index contributed by atoms with van der Waals surface area (Å²) >= 11 is 0. The molecule has 0 bridgehead atoms. The van der Waals surface area contributed by atoms with E-state index in [1.54, 1.807) is 47.4 Å². The molecule has 0 spiro atoms. The molecule has 186 valence electrons. The molecule has 1 saturated heterocycles. The van der Waals surface area contributed by atoms with Gasteiger partial charge in [0, 0.05) is 35.8 Å². The fourth-order valence-electron chi connectivity index (χ4n) is 4.60. The van der Waals surface area contributed by atoms with Crippen molar-refractivity contribution in [2.24, 2.45) is 5.92 Å². The van der Waals surface area contributed by atoms with Crippen LogP contribution in [-0.2, 0) is 9.59 Å². The van der Waals surface area contributed by atoms with E-state index in [9.17, 15) is 14.4 Å². The van der Waals surface area contributed by atoms with Crippen molar-refractivity contribution in [2.45, 2.75) is 6.42 Å². The fourth-order valence-corrected chi connectivity index (χ4v) is 4.60. The van der Waals surface area contributed by atoms with Crippen LogP contribution in [0.3, 0.4) is 0 Å². The highest BCUT2D eigenvalue weighted by molar-refractivity contribution is 6.15. The van der Waals surface area contributed by atoms with Gasteiger partial charge in [-0.25, -0.2) is 0 Å². The normalized spacial score (nSPS) is 16.6. The van der Waals surface area contributed by atoms with Crippen molar-refractivity contribution in [3.63, 3.8) is 0 Å². The average molecular weight is 498 g/mol. The van der Waals surface area contributed by atoms with Crippen molar-refractivity contribution in [3.05, 3.63) is 78.6 Å². The summed E-state index contributed by atoms with van der Waals surface area (Å²) < 4.78 is 17.0. The van der Waals surface area contributed by atoms with Crippen molar-refractivity contribution in [1.82, 2.24) is 0 Å². The second kappa shape index (κ2) is 9.34. The van der Waals surface area contributed by atoms with Gasteiger partial charge in [-0.05, 0) is 36.4 Å². The van der Waals surface area contributed by atoms with Gasteiger partial charge in [-0.3, -0.25) is 14.4 Å². The largest absolute Gasteiger partial charge is 0.486 e. The van der Waals surface area contributed by atoms with Crippen molar-refractivity contribution < 1.29 is 28.3 Å². The maximum Gasteiger partial charge on any atom is 0.293 e. The van der Waals surface area contributed by atoms with E-state index >= 15 is 0 Å². The first-order valence-electron chi connectivity index (χ1n) is 12.0. The lowest BCUT2D eigenvalue weighted by atomic mass is 10.1. The maximum absolute atomic E-state index is 13.3. The van der Waals surface area contributed by atoms with E-state index < -0.39 is 11.8 Å². The van der Waals surface area contributed by atoms with Crippen LogP contribution in [0.15, 0.2) is 77.2 Å². The smallest absolute Gasteiger partial charge is 0.293 e. The molecule has 9 heteroatoms. The number of para-hydroxylation sites is 2. The van der Waals surface area contributed by atoms with E-state index in [4.69, 9.17) is 13.9 Å². The molecule has 37 heavy (non-hydrogen) atoms. The van der Waals surface area contributed by atoms with E-state index in [1.807, 2.05) is 30.3 Å². The number of carbonyl (C=O) groups is 3. The summed E-state index contributed by atoms with van der Waals surface area (Å²) in [5, 5.41) is 6.26. The van der Waals surface area contributed by atoms with Crippen LogP contribution in [0, 0.1) is 5.92 Å². The highest BCUT2D eigenvalue weighted by atomic mass is 16.6. The topological polar surface area (TPSA) is 110 Å². The summed E-state index contributed by atoms with van der Waals surface area (Å²) in [6, 6.07) is 21.4. The predicted octanol–water partition coefficient (Wildman–Crippen LogP) is 4.45. The highest BCUT2D eigenvalue weighted by Gasteiger charge is 2.36. The number of hydrogen-bond acceptors (Lipinski definition) is 6. The molecule has 6 rings (SSSR count). The zero-order chi connectivity index (χ0) is 25.4. The molecule has 9 nitrogen and oxygen atoms in total. The Bertz CT molecular complexity index is 1510. The molecule has 0 unspecified atom stereocenters. The van der Waals surface area contributed by atoms with E-state index in [0.717, 1.165) is 5.69 Å². The average Bonchev–Trinajstić information content (AvgIpc) is 3.50. The minimum atomic E-state index is -0.574. The maximum atomic E-state index is 13.3. The minimum absolute atomic E-state index is 0.0336. The fraction of sp³-hybridized carbons (Fsp3) is 0.179. The van der Waals surface area contributed by atoms with Crippen LogP contribution >= 0.6 is 0 Å². The van der Waals surface area contributed by atoms with Crippen molar-refractivity contribution >= 4 is 45.8 Å². The van der Waals surface area contributed by atoms with E-state index in [1.165, 1.54) is 0 Å². The zero-order valence-electron chi connectivity index (χ0n) is 19.7. The first kappa shape index (κ1) is 22.7. The van der Waals surface area contributed by atoms with Crippen LogP contribution in [0.25, 0.3) is 11.0 Å². The van der Waals surface area contributed by atoms with Gasteiger partial charge in [-0.15, -0.1) is 0 Å². The molecule has 2 aliphatic rings. The number of carbonyl (C=O) groups excluding carboxylic acids is 3. The SMILES string of the molecule is O=C(Nc1ccc2c(c1)OCCO2)c1oc2ccccc2c1NC(=O)[C@H]1CC(=O)N(c2ccccc2)C1. The van der Waals surface area contributed by atoms with Gasteiger partial charge in [0.25, 0.3) is 5.91 Å². The van der Waals surface area contributed by atoms with Gasteiger partial charge >= 0.3 is 0 Å². The lowest BCUT2D eigenvalue weighted by Gasteiger charge is -2.19. The van der Waals surface area contributed by atoms with E-state index in [2.05, 4.69) is 10.6 Å². The molecule has 1 aromatic heterocycles. The van der Waals surface area contributed by atoms with Crippen LogP contribution in [0.5, 0.6) is 11.5 Å². The lowest BCUT2D eigenvalue weighted by molar-refractivity contribution is -0.122. The number of furan rings is 1. The number of benzene rings is 3. The number of nitrogens with one attached hydrogen (secondary N) is 2. The minimum Gasteiger partial charge on any atom is -0.486 e. The molecule has 4 aromatic rings. The van der Waals surface area contributed by atoms with Gasteiger partial charge in [0.1, 0.15) is 24.5 Å². The zero-order valence-corrected chi connectivity index (χ0v) is 19.7. The number of nitrogens with zero attached hydrogens (tertiary/aromatic N) is 1. The molecule has 0 radical (unpaired) electrons. The Hall–Kier alpha value is -4.79. The second-order valence-electron chi connectivity index (χ2n) is 8.85. The Morgan fingerprint density at radius 2 is 1.62 bits per heavy atom. The number of hydrogen-bond donors (Lipinski definition) is 2. The quantitative estimate of drug-likeness (QED) is 0.422. The van der Waals surface area contributed by atoms with Gasteiger partial charge in [-0.2, -0.15) is 0 Å². The third kappa shape index (κ3) is 4.35. The first-order chi connectivity index (χ1) is 18.1. The molecule has 3 heterocycles. The van der Waals surface area contributed by atoms with Gasteiger partial charge in [-0.1, -0.05) is 30.3 Å². The Morgan fingerprint density at radius 3 is 2.46 bits per heavy atom. The van der Waals surface area contributed by atoms with Crippen LogP contribution < -0.4 is 25.0 Å². The third-order valence-corrected chi connectivity index (χ3v) is 6.41. The van der Waals surface area contributed by atoms with Gasteiger partial charge in [0.15, 0.2) is 11.5 Å². The van der Waals surface area contributed by atoms with E-state index in [0.29, 0.717) is 41.4 Å². The van der Waals surface area contributed by atoms with Gasteiger partial charge in [0.05, 0.1) is 5.92 Å². The van der Waals surface area contributed by atoms with Crippen LogP contribution in [-0.4, -0.2) is 37.5 Å². The van der Waals surface area contributed by atoms with Crippen LogP contribution in [0.2, 0.25) is 0 Å². The second-order valence-corrected chi connectivity index (χ2v) is 8.85. The molecule has 2 aliphatic heterocycles. The molecule has 1 fully saturated rings. The van der Waals surface area contributed by atoms with Crippen molar-refractivity contribution in [1.29, 1.82) is 0 Å². The Labute approximate surface area is 212 Å². The summed E-state index contributed by atoms with van der Waals surface area (Å²) in [6.07, 6.45) is 0.0786. The van der Waals surface area contributed by atoms with Crippen molar-refractivity contribution in [3.8, 4) is 11.5 Å². The number of fused-ring (bicyclic) bond motifs is 2. The summed E-state index contributed by atoms with van der Waals surface area (Å²) in [7, 11) is 0. The lowest BCUT2D eigenvalue weighted by Crippen LogP contribution is -2.28. The molecular formula is C28H23N3O6. The van der Waals surface area contributed by atoms with Gasteiger partial charge < -0.3 is 29.4 Å². The molecule has 2 N–H and O–H groups in total. The number of anilines is 3. The molecule has 3 amide bonds. The summed E-state index contributed by atoms with van der Waals surface area (Å²) in [4.78, 5) is 40.8. The van der Waals surface area contributed by atoms with E-state index in [-0.39, 0.29) is 36.2 Å². The first-order valence-corrected chi connectivity index (χ1v) is 12.0. The third-order valence-electron chi connectivity index (χ3n) is 6.41. The molecular weight excluding hydrogens is 474 g/mol. The number of amides is 3. The monoisotopic (exact) mass is 497 g/mol. The Morgan fingerprint density at radius 1 is 0.865 bits per heavy atom. The van der Waals surface area contributed by atoms with Crippen molar-refractivity contribution in [2.75, 3.05) is 35.3 Å². The number of rotatable bonds is 5.